The van der Waals surface area contributed by atoms with Gasteiger partial charge in [-0.1, -0.05) is 12.1 Å². The molecule has 1 aromatic carbocycles. The van der Waals surface area contributed by atoms with Crippen LogP contribution in [-0.4, -0.2) is 23.2 Å². The van der Waals surface area contributed by atoms with Crippen molar-refractivity contribution in [2.45, 2.75) is 5.92 Å². The SMILES string of the molecule is N/C(=C\c1c(N)[nH]c(C2CNC2)c1Br)c1ccccc1O. The van der Waals surface area contributed by atoms with E-state index in [0.717, 1.165) is 28.8 Å². The monoisotopic (exact) mass is 348 g/mol. The lowest BCUT2D eigenvalue weighted by Crippen LogP contribution is -2.40. The largest absolute Gasteiger partial charge is 0.507 e. The number of aromatic nitrogens is 1. The molecule has 2 aromatic rings. The summed E-state index contributed by atoms with van der Waals surface area (Å²) < 4.78 is 0.935. The lowest BCUT2D eigenvalue weighted by molar-refractivity contribution is 0.440. The molecular formula is C15H17BrN4O. The highest BCUT2D eigenvalue weighted by Crippen LogP contribution is 2.35. The summed E-state index contributed by atoms with van der Waals surface area (Å²) in [6.45, 7) is 1.88. The predicted octanol–water partition coefficient (Wildman–Crippen LogP) is 2.21. The zero-order valence-corrected chi connectivity index (χ0v) is 12.9. The number of aromatic amines is 1. The van der Waals surface area contributed by atoms with Crippen LogP contribution in [0.1, 0.15) is 22.7 Å². The van der Waals surface area contributed by atoms with E-state index in [1.807, 2.05) is 6.07 Å². The van der Waals surface area contributed by atoms with Gasteiger partial charge in [-0.05, 0) is 34.1 Å². The van der Waals surface area contributed by atoms with Crippen molar-refractivity contribution in [3.63, 3.8) is 0 Å². The van der Waals surface area contributed by atoms with E-state index in [4.69, 9.17) is 11.5 Å². The number of para-hydroxylation sites is 1. The summed E-state index contributed by atoms with van der Waals surface area (Å²) in [7, 11) is 0. The van der Waals surface area contributed by atoms with Gasteiger partial charge in [-0.2, -0.15) is 0 Å². The Morgan fingerprint density at radius 2 is 2.05 bits per heavy atom. The molecule has 1 saturated heterocycles. The number of nitrogens with one attached hydrogen (secondary N) is 2. The molecule has 21 heavy (non-hydrogen) atoms. The van der Waals surface area contributed by atoms with Crippen molar-refractivity contribution in [3.05, 3.63) is 45.6 Å². The van der Waals surface area contributed by atoms with E-state index in [9.17, 15) is 5.11 Å². The first kappa shape index (κ1) is 14.0. The molecule has 2 heterocycles. The number of nitrogens with two attached hydrogens (primary N) is 2. The van der Waals surface area contributed by atoms with Gasteiger partial charge in [-0.15, -0.1) is 0 Å². The molecular weight excluding hydrogens is 332 g/mol. The molecule has 7 N–H and O–H groups in total. The van der Waals surface area contributed by atoms with Gasteiger partial charge < -0.3 is 26.9 Å². The minimum atomic E-state index is 0.153. The summed E-state index contributed by atoms with van der Waals surface area (Å²) in [4.78, 5) is 3.21. The normalized spacial score (nSPS) is 16.0. The lowest BCUT2D eigenvalue weighted by Gasteiger charge is -2.26. The molecule has 1 aliphatic rings. The van der Waals surface area contributed by atoms with Crippen molar-refractivity contribution in [2.75, 3.05) is 18.8 Å². The third kappa shape index (κ3) is 2.52. The van der Waals surface area contributed by atoms with Gasteiger partial charge in [0.2, 0.25) is 0 Å². The van der Waals surface area contributed by atoms with Crippen LogP contribution >= 0.6 is 15.9 Å². The Morgan fingerprint density at radius 3 is 2.67 bits per heavy atom. The first-order valence-corrected chi connectivity index (χ1v) is 7.50. The second kappa shape index (κ2) is 5.46. The van der Waals surface area contributed by atoms with Crippen LogP contribution in [0, 0.1) is 0 Å². The highest BCUT2D eigenvalue weighted by molar-refractivity contribution is 9.10. The fourth-order valence-corrected chi connectivity index (χ4v) is 3.15. The van der Waals surface area contributed by atoms with Crippen molar-refractivity contribution in [1.82, 2.24) is 10.3 Å². The molecule has 1 fully saturated rings. The van der Waals surface area contributed by atoms with E-state index in [0.29, 0.717) is 23.0 Å². The number of phenolic OH excluding ortho intramolecular Hbond substituents is 1. The van der Waals surface area contributed by atoms with E-state index in [1.165, 1.54) is 0 Å². The molecule has 0 aliphatic carbocycles. The Hall–Kier alpha value is -1.92. The van der Waals surface area contributed by atoms with E-state index >= 15 is 0 Å². The van der Waals surface area contributed by atoms with Gasteiger partial charge >= 0.3 is 0 Å². The minimum absolute atomic E-state index is 0.153. The highest BCUT2D eigenvalue weighted by Gasteiger charge is 2.25. The van der Waals surface area contributed by atoms with Crippen molar-refractivity contribution in [2.24, 2.45) is 5.73 Å². The van der Waals surface area contributed by atoms with Crippen molar-refractivity contribution in [1.29, 1.82) is 0 Å². The quantitative estimate of drug-likeness (QED) is 0.587. The maximum Gasteiger partial charge on any atom is 0.124 e. The van der Waals surface area contributed by atoms with Gasteiger partial charge in [0.05, 0.1) is 0 Å². The summed E-state index contributed by atoms with van der Waals surface area (Å²) >= 11 is 3.60. The fraction of sp³-hybridized carbons (Fsp3) is 0.200. The average Bonchev–Trinajstić information content (AvgIpc) is 2.65. The Morgan fingerprint density at radius 1 is 1.33 bits per heavy atom. The maximum absolute atomic E-state index is 9.86. The van der Waals surface area contributed by atoms with Crippen molar-refractivity contribution >= 4 is 33.5 Å². The first-order valence-electron chi connectivity index (χ1n) is 6.71. The fourth-order valence-electron chi connectivity index (χ4n) is 2.40. The number of H-pyrrole nitrogens is 1. The Kier molecular flexibility index (Phi) is 3.65. The van der Waals surface area contributed by atoms with Crippen LogP contribution < -0.4 is 16.8 Å². The standard InChI is InChI=1S/C15H17BrN4O/c16-13-10(15(18)20-14(13)8-6-19-7-8)5-11(17)9-3-1-2-4-12(9)21/h1-5,8,19-21H,6-7,17-18H2/b11-5-. The van der Waals surface area contributed by atoms with Crippen molar-refractivity contribution in [3.8, 4) is 5.75 Å². The average molecular weight is 349 g/mol. The Labute approximate surface area is 131 Å². The van der Waals surface area contributed by atoms with Crippen LogP contribution in [-0.2, 0) is 0 Å². The predicted molar refractivity (Wildman–Crippen MR) is 88.7 cm³/mol. The molecule has 1 aromatic heterocycles. The summed E-state index contributed by atoms with van der Waals surface area (Å²) in [5.74, 6) is 1.16. The molecule has 0 unspecified atom stereocenters. The molecule has 0 bridgehead atoms. The van der Waals surface area contributed by atoms with E-state index in [1.54, 1.807) is 24.3 Å². The number of aromatic hydroxyl groups is 1. The van der Waals surface area contributed by atoms with Gasteiger partial charge in [0.1, 0.15) is 11.6 Å². The molecule has 0 saturated carbocycles. The number of hydrogen-bond acceptors (Lipinski definition) is 4. The Bertz CT molecular complexity index is 704. The topological polar surface area (TPSA) is 100 Å². The first-order chi connectivity index (χ1) is 10.1. The van der Waals surface area contributed by atoms with Gasteiger partial charge in [0.15, 0.2) is 0 Å². The van der Waals surface area contributed by atoms with Crippen LogP contribution in [0.2, 0.25) is 0 Å². The number of benzene rings is 1. The maximum atomic E-state index is 9.86. The third-order valence-electron chi connectivity index (χ3n) is 3.74. The van der Waals surface area contributed by atoms with E-state index in [2.05, 4.69) is 26.2 Å². The number of nitrogen functional groups attached to an aromatic ring is 1. The zero-order valence-electron chi connectivity index (χ0n) is 11.4. The van der Waals surface area contributed by atoms with E-state index < -0.39 is 0 Å². The van der Waals surface area contributed by atoms with Gasteiger partial charge in [0, 0.05) is 46.0 Å². The van der Waals surface area contributed by atoms with Gasteiger partial charge in [0.25, 0.3) is 0 Å². The third-order valence-corrected chi connectivity index (χ3v) is 4.59. The number of halogens is 1. The molecule has 0 spiro atoms. The smallest absolute Gasteiger partial charge is 0.124 e. The molecule has 0 atom stereocenters. The number of phenols is 1. The second-order valence-corrected chi connectivity index (χ2v) is 5.95. The number of hydrogen-bond donors (Lipinski definition) is 5. The van der Waals surface area contributed by atoms with Crippen LogP contribution in [0.5, 0.6) is 5.75 Å². The van der Waals surface area contributed by atoms with Gasteiger partial charge in [-0.25, -0.2) is 0 Å². The summed E-state index contributed by atoms with van der Waals surface area (Å²) in [6, 6.07) is 6.97. The Balaban J connectivity index is 1.99. The lowest BCUT2D eigenvalue weighted by atomic mass is 9.99. The van der Waals surface area contributed by atoms with Gasteiger partial charge in [-0.3, -0.25) is 0 Å². The molecule has 6 heteroatoms. The summed E-state index contributed by atoms with van der Waals surface area (Å²) in [5, 5.41) is 13.1. The number of rotatable bonds is 3. The van der Waals surface area contributed by atoms with Crippen LogP contribution in [0.25, 0.3) is 11.8 Å². The summed E-state index contributed by atoms with van der Waals surface area (Å²) in [5.41, 5.74) is 15.1. The molecule has 3 rings (SSSR count). The molecule has 5 nitrogen and oxygen atoms in total. The van der Waals surface area contributed by atoms with Crippen LogP contribution in [0.3, 0.4) is 0 Å². The summed E-state index contributed by atoms with van der Waals surface area (Å²) in [6.07, 6.45) is 1.78. The highest BCUT2D eigenvalue weighted by atomic mass is 79.9. The van der Waals surface area contributed by atoms with Crippen molar-refractivity contribution < 1.29 is 5.11 Å². The minimum Gasteiger partial charge on any atom is -0.507 e. The van der Waals surface area contributed by atoms with Crippen LogP contribution in [0.15, 0.2) is 28.7 Å². The molecule has 1 aliphatic heterocycles. The number of anilines is 1. The zero-order chi connectivity index (χ0) is 15.0. The van der Waals surface area contributed by atoms with Crippen LogP contribution in [0.4, 0.5) is 5.82 Å². The van der Waals surface area contributed by atoms with E-state index in [-0.39, 0.29) is 5.75 Å². The second-order valence-electron chi connectivity index (χ2n) is 5.15. The molecule has 0 radical (unpaired) electrons. The molecule has 110 valence electrons. The molecule has 0 amide bonds.